The molecule has 0 amide bonds. The maximum Gasteiger partial charge on any atom is 0.303 e. The van der Waals surface area contributed by atoms with E-state index < -0.39 is 11.9 Å². The van der Waals surface area contributed by atoms with E-state index in [9.17, 15) is 9.59 Å². The summed E-state index contributed by atoms with van der Waals surface area (Å²) in [7, 11) is 0. The Labute approximate surface area is 234 Å². The Morgan fingerprint density at radius 2 is 0.895 bits per heavy atom. The van der Waals surface area contributed by atoms with Gasteiger partial charge >= 0.3 is 11.9 Å². The Balaban J connectivity index is 2.41. The maximum atomic E-state index is 10.7. The van der Waals surface area contributed by atoms with Crippen LogP contribution in [0.15, 0.2) is 18.2 Å². The van der Waals surface area contributed by atoms with E-state index in [-0.39, 0.29) is 0 Å². The molecule has 0 aliphatic carbocycles. The molecule has 0 saturated heterocycles. The fraction of sp³-hybridized carbons (Fsp3) is 0.765. The Hall–Kier alpha value is -1.84. The lowest BCUT2D eigenvalue weighted by atomic mass is 9.93. The zero-order chi connectivity index (χ0) is 27.7. The highest BCUT2D eigenvalue weighted by atomic mass is 16.4. The molecule has 0 bridgehead atoms. The second-order valence-electron chi connectivity index (χ2n) is 11.4. The zero-order valence-electron chi connectivity index (χ0n) is 24.6. The molecule has 1 aromatic rings. The average Bonchev–Trinajstić information content (AvgIpc) is 2.89. The van der Waals surface area contributed by atoms with Gasteiger partial charge in [0.05, 0.1) is 0 Å². The Bertz CT molecular complexity index is 727. The van der Waals surface area contributed by atoms with Gasteiger partial charge in [0, 0.05) is 12.8 Å². The molecule has 0 radical (unpaired) electrons. The van der Waals surface area contributed by atoms with Crippen LogP contribution < -0.4 is 0 Å². The van der Waals surface area contributed by atoms with Gasteiger partial charge < -0.3 is 10.2 Å². The van der Waals surface area contributed by atoms with Gasteiger partial charge in [0.2, 0.25) is 0 Å². The van der Waals surface area contributed by atoms with E-state index in [0.29, 0.717) is 12.8 Å². The number of aliphatic carboxylic acids is 2. The summed E-state index contributed by atoms with van der Waals surface area (Å²) < 4.78 is 0. The van der Waals surface area contributed by atoms with Crippen LogP contribution in [0.2, 0.25) is 0 Å². The van der Waals surface area contributed by atoms with Crippen LogP contribution in [0.1, 0.15) is 165 Å². The first kappa shape index (κ1) is 34.2. The molecule has 1 aromatic carbocycles. The van der Waals surface area contributed by atoms with Crippen molar-refractivity contribution in [2.24, 2.45) is 0 Å². The smallest absolute Gasteiger partial charge is 0.303 e. The SMILES string of the molecule is CCCCCCCCCCCCc1ccc(CCCCCCCC(=O)O)c(CCCCCCCC(=O)O)c1. The molecule has 0 saturated carbocycles. The minimum Gasteiger partial charge on any atom is -0.481 e. The van der Waals surface area contributed by atoms with E-state index >= 15 is 0 Å². The summed E-state index contributed by atoms with van der Waals surface area (Å²) in [6.45, 7) is 2.28. The lowest BCUT2D eigenvalue weighted by Crippen LogP contribution is -1.99. The highest BCUT2D eigenvalue weighted by molar-refractivity contribution is 5.66. The predicted octanol–water partition coefficient (Wildman–Crippen LogP) is 10.1. The van der Waals surface area contributed by atoms with E-state index in [0.717, 1.165) is 51.4 Å². The number of aryl methyl sites for hydroxylation is 3. The van der Waals surface area contributed by atoms with Crippen molar-refractivity contribution in [3.63, 3.8) is 0 Å². The van der Waals surface area contributed by atoms with Crippen molar-refractivity contribution in [2.45, 2.75) is 167 Å². The summed E-state index contributed by atoms with van der Waals surface area (Å²) in [6.07, 6.45) is 28.3. The van der Waals surface area contributed by atoms with Crippen molar-refractivity contribution in [3.8, 4) is 0 Å². The molecule has 0 unspecified atom stereocenters. The van der Waals surface area contributed by atoms with E-state index in [1.165, 1.54) is 113 Å². The Morgan fingerprint density at radius 3 is 1.37 bits per heavy atom. The van der Waals surface area contributed by atoms with Crippen LogP contribution in [0.4, 0.5) is 0 Å². The summed E-state index contributed by atoms with van der Waals surface area (Å²) in [6, 6.07) is 7.20. The first-order chi connectivity index (χ1) is 18.5. The second-order valence-corrected chi connectivity index (χ2v) is 11.4. The van der Waals surface area contributed by atoms with Crippen molar-refractivity contribution in [1.82, 2.24) is 0 Å². The van der Waals surface area contributed by atoms with Gasteiger partial charge in [-0.05, 0) is 68.1 Å². The molecule has 0 fully saturated rings. The van der Waals surface area contributed by atoms with E-state index in [4.69, 9.17) is 10.2 Å². The summed E-state index contributed by atoms with van der Waals surface area (Å²) in [5, 5.41) is 17.6. The van der Waals surface area contributed by atoms with Crippen LogP contribution in [0.5, 0.6) is 0 Å². The highest BCUT2D eigenvalue weighted by Gasteiger charge is 2.06. The first-order valence-electron chi connectivity index (χ1n) is 16.1. The summed E-state index contributed by atoms with van der Waals surface area (Å²) in [5.41, 5.74) is 4.50. The predicted molar refractivity (Wildman–Crippen MR) is 160 cm³/mol. The van der Waals surface area contributed by atoms with Crippen molar-refractivity contribution < 1.29 is 19.8 Å². The summed E-state index contributed by atoms with van der Waals surface area (Å²) in [4.78, 5) is 21.4. The normalized spacial score (nSPS) is 11.2. The van der Waals surface area contributed by atoms with Crippen molar-refractivity contribution in [2.75, 3.05) is 0 Å². The summed E-state index contributed by atoms with van der Waals surface area (Å²) >= 11 is 0. The third-order valence-corrected chi connectivity index (χ3v) is 7.76. The van der Waals surface area contributed by atoms with Gasteiger partial charge in [-0.25, -0.2) is 0 Å². The van der Waals surface area contributed by atoms with Gasteiger partial charge in [-0.3, -0.25) is 9.59 Å². The fourth-order valence-corrected chi connectivity index (χ4v) is 5.37. The van der Waals surface area contributed by atoms with Gasteiger partial charge in [-0.1, -0.05) is 121 Å². The number of unbranched alkanes of at least 4 members (excludes halogenated alkanes) is 17. The largest absolute Gasteiger partial charge is 0.481 e. The van der Waals surface area contributed by atoms with Crippen LogP contribution in [-0.2, 0) is 28.9 Å². The molecule has 0 spiro atoms. The number of hydrogen-bond donors (Lipinski definition) is 2. The minimum absolute atomic E-state index is 0.293. The molecule has 0 heterocycles. The molecule has 1 rings (SSSR count). The van der Waals surface area contributed by atoms with Crippen LogP contribution in [0.25, 0.3) is 0 Å². The number of carboxylic acid groups (broad SMARTS) is 2. The van der Waals surface area contributed by atoms with Gasteiger partial charge in [-0.15, -0.1) is 0 Å². The molecule has 4 heteroatoms. The molecule has 2 N–H and O–H groups in total. The summed E-state index contributed by atoms with van der Waals surface area (Å²) in [5.74, 6) is -1.37. The van der Waals surface area contributed by atoms with Crippen LogP contribution >= 0.6 is 0 Å². The second kappa shape index (κ2) is 24.2. The molecular weight excluding hydrogens is 472 g/mol. The third-order valence-electron chi connectivity index (χ3n) is 7.76. The van der Waals surface area contributed by atoms with Crippen molar-refractivity contribution >= 4 is 11.9 Å². The Morgan fingerprint density at radius 1 is 0.500 bits per heavy atom. The number of hydrogen-bond acceptors (Lipinski definition) is 2. The molecule has 0 aliphatic heterocycles. The molecule has 218 valence electrons. The molecule has 38 heavy (non-hydrogen) atoms. The number of carboxylic acids is 2. The Kier molecular flexibility index (Phi) is 21.8. The molecule has 0 aromatic heterocycles. The van der Waals surface area contributed by atoms with Crippen molar-refractivity contribution in [1.29, 1.82) is 0 Å². The maximum absolute atomic E-state index is 10.7. The molecule has 4 nitrogen and oxygen atoms in total. The van der Waals surface area contributed by atoms with Gasteiger partial charge in [0.1, 0.15) is 0 Å². The van der Waals surface area contributed by atoms with Gasteiger partial charge in [0.15, 0.2) is 0 Å². The van der Waals surface area contributed by atoms with Crippen molar-refractivity contribution in [3.05, 3.63) is 34.9 Å². The monoisotopic (exact) mass is 530 g/mol. The van der Waals surface area contributed by atoms with E-state index in [2.05, 4.69) is 25.1 Å². The molecule has 0 aliphatic rings. The zero-order valence-corrected chi connectivity index (χ0v) is 24.6. The van der Waals surface area contributed by atoms with Crippen LogP contribution in [-0.4, -0.2) is 22.2 Å². The van der Waals surface area contributed by atoms with E-state index in [1.54, 1.807) is 0 Å². The van der Waals surface area contributed by atoms with E-state index in [1.807, 2.05) is 0 Å². The highest BCUT2D eigenvalue weighted by Crippen LogP contribution is 2.21. The average molecular weight is 531 g/mol. The number of rotatable bonds is 27. The first-order valence-corrected chi connectivity index (χ1v) is 16.1. The fourth-order valence-electron chi connectivity index (χ4n) is 5.37. The topological polar surface area (TPSA) is 74.6 Å². The molecule has 0 atom stereocenters. The molecular formula is C34H58O4. The lowest BCUT2D eigenvalue weighted by Gasteiger charge is -2.13. The third kappa shape index (κ3) is 20.2. The minimum atomic E-state index is -0.686. The quantitative estimate of drug-likeness (QED) is 0.111. The lowest BCUT2D eigenvalue weighted by molar-refractivity contribution is -0.138. The van der Waals surface area contributed by atoms with Crippen LogP contribution in [0.3, 0.4) is 0 Å². The standard InChI is InChI=1S/C34H58O4/c1-2-3-4-5-6-7-8-9-12-17-22-30-27-28-31(23-18-13-10-15-20-25-33(35)36)32(29-30)24-19-14-11-16-21-26-34(37)38/h27-29H,2-26H2,1H3,(H,35,36)(H,37,38). The van der Waals surface area contributed by atoms with Gasteiger partial charge in [0.25, 0.3) is 0 Å². The van der Waals surface area contributed by atoms with Crippen LogP contribution in [0, 0.1) is 0 Å². The van der Waals surface area contributed by atoms with Gasteiger partial charge in [-0.2, -0.15) is 0 Å². The number of benzene rings is 1. The number of carbonyl (C=O) groups is 2.